The average Bonchev–Trinajstić information content (AvgIpc) is 3.21. The Balaban J connectivity index is 1.69. The molecule has 26 heavy (non-hydrogen) atoms. The Labute approximate surface area is 156 Å². The van der Waals surface area contributed by atoms with Gasteiger partial charge in [0.15, 0.2) is 5.82 Å². The molecule has 2 heterocycles. The highest BCUT2D eigenvalue weighted by atomic mass is 16.1. The van der Waals surface area contributed by atoms with Crippen molar-refractivity contribution in [3.05, 3.63) is 48.2 Å². The smallest absolute Gasteiger partial charge is 0.255 e. The number of nitrogens with zero attached hydrogens (tertiary/aromatic N) is 3. The van der Waals surface area contributed by atoms with Crippen molar-refractivity contribution in [3.8, 4) is 0 Å². The largest absolute Gasteiger partial charge is 0.375 e. The lowest BCUT2D eigenvalue weighted by atomic mass is 10.1. The van der Waals surface area contributed by atoms with Gasteiger partial charge in [0.05, 0.1) is 5.69 Å². The van der Waals surface area contributed by atoms with E-state index < -0.39 is 0 Å². The van der Waals surface area contributed by atoms with Gasteiger partial charge in [-0.2, -0.15) is 0 Å². The summed E-state index contributed by atoms with van der Waals surface area (Å²) < 4.78 is 0. The molecule has 1 aromatic carbocycles. The van der Waals surface area contributed by atoms with Crippen LogP contribution in [0, 0.1) is 0 Å². The molecule has 0 atom stereocenters. The van der Waals surface area contributed by atoms with Gasteiger partial charge in [-0.05, 0) is 55.7 Å². The number of anilines is 3. The number of hydrogen-bond donors (Lipinski definition) is 1. The summed E-state index contributed by atoms with van der Waals surface area (Å²) in [6.07, 6.45) is 6.48. The number of pyridine rings is 1. The molecular weight excluding hydrogens is 324 g/mol. The van der Waals surface area contributed by atoms with Crippen molar-refractivity contribution >= 4 is 23.1 Å². The summed E-state index contributed by atoms with van der Waals surface area (Å²) in [4.78, 5) is 21.6. The predicted octanol–water partition coefficient (Wildman–Crippen LogP) is 4.17. The lowest BCUT2D eigenvalue weighted by Gasteiger charge is -2.20. The molecular formula is C21H28N4O. The quantitative estimate of drug-likeness (QED) is 0.812. The monoisotopic (exact) mass is 352 g/mol. The molecule has 1 aliphatic heterocycles. The topological polar surface area (TPSA) is 48.5 Å². The van der Waals surface area contributed by atoms with Gasteiger partial charge in [0.2, 0.25) is 0 Å². The van der Waals surface area contributed by atoms with Crippen LogP contribution in [-0.4, -0.2) is 37.6 Å². The van der Waals surface area contributed by atoms with E-state index in [0.717, 1.165) is 36.8 Å². The SMILES string of the molecule is CCCCN(C)c1ccc(C(=O)Nc2cccnc2N2CCCC2)cc1. The van der Waals surface area contributed by atoms with Gasteiger partial charge in [0.1, 0.15) is 0 Å². The van der Waals surface area contributed by atoms with Crippen molar-refractivity contribution in [2.45, 2.75) is 32.6 Å². The molecule has 5 nitrogen and oxygen atoms in total. The summed E-state index contributed by atoms with van der Waals surface area (Å²) in [6.45, 7) is 5.21. The number of aromatic nitrogens is 1. The molecule has 1 amide bonds. The second kappa shape index (κ2) is 8.70. The summed E-state index contributed by atoms with van der Waals surface area (Å²) >= 11 is 0. The van der Waals surface area contributed by atoms with Gasteiger partial charge >= 0.3 is 0 Å². The average molecular weight is 352 g/mol. The Morgan fingerprint density at radius 1 is 1.19 bits per heavy atom. The normalized spacial score (nSPS) is 13.7. The van der Waals surface area contributed by atoms with Crippen LogP contribution in [0.5, 0.6) is 0 Å². The fourth-order valence-electron chi connectivity index (χ4n) is 3.26. The Morgan fingerprint density at radius 3 is 2.62 bits per heavy atom. The molecule has 138 valence electrons. The van der Waals surface area contributed by atoms with Gasteiger partial charge in [-0.15, -0.1) is 0 Å². The molecule has 0 saturated carbocycles. The van der Waals surface area contributed by atoms with Crippen LogP contribution in [-0.2, 0) is 0 Å². The molecule has 3 rings (SSSR count). The Hall–Kier alpha value is -2.56. The Morgan fingerprint density at radius 2 is 1.92 bits per heavy atom. The number of unbranched alkanes of at least 4 members (excludes halogenated alkanes) is 1. The summed E-state index contributed by atoms with van der Waals surface area (Å²) in [6, 6.07) is 11.6. The maximum atomic E-state index is 12.7. The zero-order valence-electron chi connectivity index (χ0n) is 15.7. The van der Waals surface area contributed by atoms with Gasteiger partial charge in [-0.1, -0.05) is 13.3 Å². The van der Waals surface area contributed by atoms with E-state index in [0.29, 0.717) is 5.56 Å². The third kappa shape index (κ3) is 4.34. The van der Waals surface area contributed by atoms with E-state index in [4.69, 9.17) is 0 Å². The summed E-state index contributed by atoms with van der Waals surface area (Å²) in [7, 11) is 2.09. The standard InChI is InChI=1S/C21H28N4O/c1-3-4-14-24(2)18-11-9-17(10-12-18)21(26)23-19-8-7-13-22-20(19)25-15-5-6-16-25/h7-13H,3-6,14-16H2,1-2H3,(H,23,26). The first-order valence-electron chi connectivity index (χ1n) is 9.51. The predicted molar refractivity (Wildman–Crippen MR) is 108 cm³/mol. The summed E-state index contributed by atoms with van der Waals surface area (Å²) in [5.74, 6) is 0.774. The van der Waals surface area contributed by atoms with Crippen molar-refractivity contribution in [2.24, 2.45) is 0 Å². The van der Waals surface area contributed by atoms with Crippen LogP contribution in [0.4, 0.5) is 17.2 Å². The zero-order chi connectivity index (χ0) is 18.4. The van der Waals surface area contributed by atoms with E-state index in [-0.39, 0.29) is 5.91 Å². The van der Waals surface area contributed by atoms with Crippen molar-refractivity contribution < 1.29 is 4.79 Å². The van der Waals surface area contributed by atoms with Crippen molar-refractivity contribution in [1.82, 2.24) is 4.98 Å². The third-order valence-electron chi connectivity index (χ3n) is 4.86. The Bertz CT molecular complexity index is 723. The van der Waals surface area contributed by atoms with Crippen LogP contribution >= 0.6 is 0 Å². The molecule has 5 heteroatoms. The highest BCUT2D eigenvalue weighted by Crippen LogP contribution is 2.26. The highest BCUT2D eigenvalue weighted by Gasteiger charge is 2.18. The number of carbonyl (C=O) groups excluding carboxylic acids is 1. The fraction of sp³-hybridized carbons (Fsp3) is 0.429. The summed E-state index contributed by atoms with van der Waals surface area (Å²) in [5, 5.41) is 3.03. The van der Waals surface area contributed by atoms with Gasteiger partial charge in [-0.25, -0.2) is 4.98 Å². The number of nitrogens with one attached hydrogen (secondary N) is 1. The van der Waals surface area contributed by atoms with Crippen LogP contribution in [0.15, 0.2) is 42.6 Å². The van der Waals surface area contributed by atoms with Gasteiger partial charge in [-0.3, -0.25) is 4.79 Å². The van der Waals surface area contributed by atoms with Crippen LogP contribution in [0.25, 0.3) is 0 Å². The number of benzene rings is 1. The lowest BCUT2D eigenvalue weighted by Crippen LogP contribution is -2.22. The maximum Gasteiger partial charge on any atom is 0.255 e. The molecule has 1 fully saturated rings. The minimum absolute atomic E-state index is 0.0961. The van der Waals surface area contributed by atoms with Crippen molar-refractivity contribution in [3.63, 3.8) is 0 Å². The van der Waals surface area contributed by atoms with E-state index in [2.05, 4.69) is 34.1 Å². The fourth-order valence-corrected chi connectivity index (χ4v) is 3.26. The molecule has 1 aromatic heterocycles. The molecule has 2 aromatic rings. The molecule has 1 N–H and O–H groups in total. The zero-order valence-corrected chi connectivity index (χ0v) is 15.7. The molecule has 0 radical (unpaired) electrons. The highest BCUT2D eigenvalue weighted by molar-refractivity contribution is 6.05. The molecule has 0 bridgehead atoms. The van der Waals surface area contributed by atoms with Crippen molar-refractivity contribution in [2.75, 3.05) is 41.8 Å². The first-order valence-corrected chi connectivity index (χ1v) is 9.51. The van der Waals surface area contributed by atoms with Gasteiger partial charge in [0.25, 0.3) is 5.91 Å². The van der Waals surface area contributed by atoms with E-state index in [1.165, 1.54) is 25.7 Å². The van der Waals surface area contributed by atoms with Gasteiger partial charge in [0, 0.05) is 44.1 Å². The minimum Gasteiger partial charge on any atom is -0.375 e. The van der Waals surface area contributed by atoms with Crippen molar-refractivity contribution in [1.29, 1.82) is 0 Å². The number of hydrogen-bond acceptors (Lipinski definition) is 4. The second-order valence-electron chi connectivity index (χ2n) is 6.84. The van der Waals surface area contributed by atoms with Crippen LogP contribution in [0.1, 0.15) is 43.0 Å². The molecule has 1 saturated heterocycles. The molecule has 0 spiro atoms. The first-order chi connectivity index (χ1) is 12.7. The van der Waals surface area contributed by atoms with E-state index in [1.54, 1.807) is 6.20 Å². The second-order valence-corrected chi connectivity index (χ2v) is 6.84. The van der Waals surface area contributed by atoms with E-state index >= 15 is 0 Å². The van der Waals surface area contributed by atoms with Gasteiger partial charge < -0.3 is 15.1 Å². The lowest BCUT2D eigenvalue weighted by molar-refractivity contribution is 0.102. The minimum atomic E-state index is -0.0961. The van der Waals surface area contributed by atoms with Crippen LogP contribution < -0.4 is 15.1 Å². The maximum absolute atomic E-state index is 12.7. The number of carbonyl (C=O) groups is 1. The number of amides is 1. The van der Waals surface area contributed by atoms with Crippen LogP contribution in [0.3, 0.4) is 0 Å². The first kappa shape index (κ1) is 18.2. The molecule has 1 aliphatic rings. The van der Waals surface area contributed by atoms with E-state index in [1.807, 2.05) is 36.4 Å². The molecule has 0 unspecified atom stereocenters. The third-order valence-corrected chi connectivity index (χ3v) is 4.86. The molecule has 0 aliphatic carbocycles. The van der Waals surface area contributed by atoms with Crippen LogP contribution in [0.2, 0.25) is 0 Å². The Kier molecular flexibility index (Phi) is 6.10. The van der Waals surface area contributed by atoms with E-state index in [9.17, 15) is 4.79 Å². The summed E-state index contributed by atoms with van der Waals surface area (Å²) in [5.41, 5.74) is 2.58. The number of rotatable bonds is 7.